The van der Waals surface area contributed by atoms with Crippen molar-refractivity contribution in [1.29, 1.82) is 0 Å². The molecule has 172 valence electrons. The molecule has 0 aliphatic rings. The Bertz CT molecular complexity index is 1750. The van der Waals surface area contributed by atoms with Gasteiger partial charge in [0.05, 0.1) is 0 Å². The Morgan fingerprint density at radius 1 is 0.639 bits per heavy atom. The highest BCUT2D eigenvalue weighted by atomic mass is 32.1. The molecular weight excluding hydrogens is 458 g/mol. The van der Waals surface area contributed by atoms with Gasteiger partial charge in [-0.25, -0.2) is 15.0 Å². The molecule has 2 heterocycles. The van der Waals surface area contributed by atoms with Crippen molar-refractivity contribution in [2.75, 3.05) is 0 Å². The van der Waals surface area contributed by atoms with Crippen LogP contribution in [-0.4, -0.2) is 15.0 Å². The summed E-state index contributed by atoms with van der Waals surface area (Å²) in [4.78, 5) is 14.7. The summed E-state index contributed by atoms with van der Waals surface area (Å²) in [6.07, 6.45) is 3.81. The number of allylic oxidation sites excluding steroid dienone is 3. The summed E-state index contributed by atoms with van der Waals surface area (Å²) in [6, 6.07) is 33.4. The fourth-order valence-electron chi connectivity index (χ4n) is 4.37. The van der Waals surface area contributed by atoms with Gasteiger partial charge in [-0.3, -0.25) is 0 Å². The molecule has 0 atom stereocenters. The molecule has 0 saturated carbocycles. The van der Waals surface area contributed by atoms with Crippen molar-refractivity contribution >= 4 is 37.1 Å². The minimum absolute atomic E-state index is 0.659. The molecular formula is C32H23N3S. The molecule has 0 N–H and O–H groups in total. The SMILES string of the molecule is C=C/C=C(\C)c1ccc(-c2nc(-c3ccccc3)nc(-c3ccc4c(c3)sc3ccccc34)n2)cc1. The second-order valence-electron chi connectivity index (χ2n) is 8.64. The lowest BCUT2D eigenvalue weighted by Crippen LogP contribution is -2.00. The Balaban J connectivity index is 1.49. The van der Waals surface area contributed by atoms with Gasteiger partial charge in [-0.05, 0) is 30.2 Å². The average Bonchev–Trinajstić information content (AvgIpc) is 3.31. The maximum absolute atomic E-state index is 4.92. The fourth-order valence-corrected chi connectivity index (χ4v) is 5.52. The standard InChI is InChI=1S/C32H23N3S/c1-3-9-21(2)22-14-16-24(17-15-22)31-33-30(23-10-5-4-6-11-23)34-32(35-31)25-18-19-27-26-12-7-8-13-28(26)36-29(27)20-25/h3-20H,1H2,2H3/b21-9+. The highest BCUT2D eigenvalue weighted by Crippen LogP contribution is 2.36. The van der Waals surface area contributed by atoms with E-state index in [-0.39, 0.29) is 0 Å². The number of fused-ring (bicyclic) bond motifs is 3. The summed E-state index contributed by atoms with van der Waals surface area (Å²) in [5.74, 6) is 2.00. The molecule has 0 aliphatic carbocycles. The molecule has 0 radical (unpaired) electrons. The maximum Gasteiger partial charge on any atom is 0.164 e. The molecule has 4 heteroatoms. The van der Waals surface area contributed by atoms with Crippen molar-refractivity contribution in [1.82, 2.24) is 15.0 Å². The minimum atomic E-state index is 0.659. The monoisotopic (exact) mass is 481 g/mol. The smallest absolute Gasteiger partial charge is 0.164 e. The Morgan fingerprint density at radius 3 is 1.94 bits per heavy atom. The van der Waals surface area contributed by atoms with Crippen LogP contribution in [0.15, 0.2) is 116 Å². The predicted molar refractivity (Wildman–Crippen MR) is 153 cm³/mol. The minimum Gasteiger partial charge on any atom is -0.208 e. The summed E-state index contributed by atoms with van der Waals surface area (Å²) < 4.78 is 2.51. The van der Waals surface area contributed by atoms with Crippen LogP contribution in [-0.2, 0) is 0 Å². The second kappa shape index (κ2) is 9.33. The molecule has 36 heavy (non-hydrogen) atoms. The van der Waals surface area contributed by atoms with Gasteiger partial charge in [0.15, 0.2) is 17.5 Å². The Hall–Kier alpha value is -4.41. The van der Waals surface area contributed by atoms with Crippen molar-refractivity contribution in [3.63, 3.8) is 0 Å². The van der Waals surface area contributed by atoms with Gasteiger partial charge in [0.2, 0.25) is 0 Å². The van der Waals surface area contributed by atoms with Gasteiger partial charge in [0, 0.05) is 36.9 Å². The van der Waals surface area contributed by atoms with Crippen molar-refractivity contribution in [3.05, 3.63) is 121 Å². The second-order valence-corrected chi connectivity index (χ2v) is 9.73. The number of rotatable bonds is 5. The zero-order valence-electron chi connectivity index (χ0n) is 19.8. The zero-order chi connectivity index (χ0) is 24.5. The van der Waals surface area contributed by atoms with Crippen molar-refractivity contribution in [2.24, 2.45) is 0 Å². The van der Waals surface area contributed by atoms with Crippen LogP contribution in [0.4, 0.5) is 0 Å². The van der Waals surface area contributed by atoms with Gasteiger partial charge in [-0.15, -0.1) is 11.3 Å². The molecule has 6 rings (SSSR count). The maximum atomic E-state index is 4.92. The van der Waals surface area contributed by atoms with E-state index in [1.807, 2.05) is 36.4 Å². The van der Waals surface area contributed by atoms with E-state index in [2.05, 4.69) is 80.2 Å². The highest BCUT2D eigenvalue weighted by molar-refractivity contribution is 7.25. The number of hydrogen-bond acceptors (Lipinski definition) is 4. The van der Waals surface area contributed by atoms with Gasteiger partial charge in [0.1, 0.15) is 0 Å². The normalized spacial score (nSPS) is 11.8. The van der Waals surface area contributed by atoms with Crippen molar-refractivity contribution < 1.29 is 0 Å². The van der Waals surface area contributed by atoms with E-state index < -0.39 is 0 Å². The highest BCUT2D eigenvalue weighted by Gasteiger charge is 2.14. The first-order valence-corrected chi connectivity index (χ1v) is 12.6. The van der Waals surface area contributed by atoms with E-state index in [0.717, 1.165) is 27.8 Å². The first-order chi connectivity index (χ1) is 17.7. The molecule has 0 amide bonds. The van der Waals surface area contributed by atoms with E-state index in [0.29, 0.717) is 17.5 Å². The lowest BCUT2D eigenvalue weighted by Gasteiger charge is -2.09. The number of nitrogens with zero attached hydrogens (tertiary/aromatic N) is 3. The molecule has 0 bridgehead atoms. The molecule has 3 nitrogen and oxygen atoms in total. The van der Waals surface area contributed by atoms with Crippen LogP contribution in [0.25, 0.3) is 59.9 Å². The van der Waals surface area contributed by atoms with E-state index >= 15 is 0 Å². The van der Waals surface area contributed by atoms with Gasteiger partial charge >= 0.3 is 0 Å². The van der Waals surface area contributed by atoms with Crippen LogP contribution < -0.4 is 0 Å². The van der Waals surface area contributed by atoms with Gasteiger partial charge in [-0.1, -0.05) is 104 Å². The Labute approximate surface area is 214 Å². The van der Waals surface area contributed by atoms with Crippen LogP contribution in [0.2, 0.25) is 0 Å². The van der Waals surface area contributed by atoms with Gasteiger partial charge in [-0.2, -0.15) is 0 Å². The summed E-state index contributed by atoms with van der Waals surface area (Å²) in [5, 5.41) is 2.54. The summed E-state index contributed by atoms with van der Waals surface area (Å²) in [6.45, 7) is 5.88. The Kier molecular flexibility index (Phi) is 5.72. The van der Waals surface area contributed by atoms with Gasteiger partial charge < -0.3 is 0 Å². The summed E-state index contributed by atoms with van der Waals surface area (Å²) in [5.41, 5.74) is 5.21. The summed E-state index contributed by atoms with van der Waals surface area (Å²) in [7, 11) is 0. The topological polar surface area (TPSA) is 38.7 Å². The average molecular weight is 482 g/mol. The lowest BCUT2D eigenvalue weighted by atomic mass is 10.0. The third-order valence-electron chi connectivity index (χ3n) is 6.27. The fraction of sp³-hybridized carbons (Fsp3) is 0.0312. The first-order valence-electron chi connectivity index (χ1n) is 11.8. The van der Waals surface area contributed by atoms with Crippen LogP contribution in [0.3, 0.4) is 0 Å². The quantitative estimate of drug-likeness (QED) is 0.231. The van der Waals surface area contributed by atoms with E-state index in [1.165, 1.54) is 20.2 Å². The third-order valence-corrected chi connectivity index (χ3v) is 7.40. The van der Waals surface area contributed by atoms with Crippen LogP contribution in [0.1, 0.15) is 12.5 Å². The molecule has 2 aromatic heterocycles. The molecule has 0 spiro atoms. The Morgan fingerprint density at radius 2 is 1.22 bits per heavy atom. The first kappa shape index (κ1) is 22.1. The van der Waals surface area contributed by atoms with E-state index in [1.54, 1.807) is 17.4 Å². The molecule has 0 unspecified atom stereocenters. The van der Waals surface area contributed by atoms with Crippen molar-refractivity contribution in [2.45, 2.75) is 6.92 Å². The number of hydrogen-bond donors (Lipinski definition) is 0. The molecule has 0 saturated heterocycles. The van der Waals surface area contributed by atoms with Crippen LogP contribution in [0, 0.1) is 0 Å². The lowest BCUT2D eigenvalue weighted by molar-refractivity contribution is 1.07. The van der Waals surface area contributed by atoms with Crippen molar-refractivity contribution in [3.8, 4) is 34.2 Å². The summed E-state index contributed by atoms with van der Waals surface area (Å²) >= 11 is 1.80. The third kappa shape index (κ3) is 4.12. The van der Waals surface area contributed by atoms with E-state index in [9.17, 15) is 0 Å². The van der Waals surface area contributed by atoms with Crippen LogP contribution >= 0.6 is 11.3 Å². The molecule has 0 aliphatic heterocycles. The molecule has 6 aromatic rings. The predicted octanol–water partition coefficient (Wildman–Crippen LogP) is 8.83. The number of benzene rings is 4. The number of aromatic nitrogens is 3. The largest absolute Gasteiger partial charge is 0.208 e. The van der Waals surface area contributed by atoms with Gasteiger partial charge in [0.25, 0.3) is 0 Å². The van der Waals surface area contributed by atoms with E-state index in [4.69, 9.17) is 15.0 Å². The number of thiophene rings is 1. The molecule has 0 fully saturated rings. The van der Waals surface area contributed by atoms with Crippen LogP contribution in [0.5, 0.6) is 0 Å². The molecule has 4 aromatic carbocycles. The zero-order valence-corrected chi connectivity index (χ0v) is 20.7.